The minimum atomic E-state index is -4.45. The molecule has 102 valence electrons. The van der Waals surface area contributed by atoms with E-state index in [1.807, 2.05) is 0 Å². The minimum absolute atomic E-state index is 0.0226. The van der Waals surface area contributed by atoms with E-state index < -0.39 is 26.8 Å². The highest BCUT2D eigenvalue weighted by Gasteiger charge is 2.31. The summed E-state index contributed by atoms with van der Waals surface area (Å²) in [7, 11) is -3.74. The molecule has 0 amide bonds. The first-order valence-electron chi connectivity index (χ1n) is 5.06. The van der Waals surface area contributed by atoms with Gasteiger partial charge < -0.3 is 4.74 Å². The lowest BCUT2D eigenvalue weighted by molar-refractivity contribution is -0.137. The van der Waals surface area contributed by atoms with E-state index in [2.05, 4.69) is 4.99 Å². The third-order valence-corrected chi connectivity index (χ3v) is 3.99. The Balaban J connectivity index is 2.19. The van der Waals surface area contributed by atoms with E-state index in [9.17, 15) is 21.6 Å². The van der Waals surface area contributed by atoms with Gasteiger partial charge in [-0.2, -0.15) is 13.2 Å². The highest BCUT2D eigenvalue weighted by atomic mass is 32.2. The Morgan fingerprint density at radius 3 is 2.16 bits per heavy atom. The molecule has 1 heterocycles. The molecule has 0 saturated heterocycles. The zero-order valence-corrected chi connectivity index (χ0v) is 10.4. The fraction of sp³-hybridized carbons (Fsp3) is 0.182. The Morgan fingerprint density at radius 1 is 1.16 bits per heavy atom. The standard InChI is InChI=1S/C11H8F3NO3S/c1-7-6-15-10(19(7,16)17)18-9-4-2-8(3-5-9)11(12,13)14/h2-6H,1H3. The van der Waals surface area contributed by atoms with Crippen LogP contribution in [0, 0.1) is 0 Å². The van der Waals surface area contributed by atoms with Crippen molar-refractivity contribution in [2.45, 2.75) is 13.1 Å². The zero-order chi connectivity index (χ0) is 14.3. The number of hydrogen-bond donors (Lipinski definition) is 0. The van der Waals surface area contributed by atoms with Crippen LogP contribution in [0.2, 0.25) is 0 Å². The van der Waals surface area contributed by atoms with Crippen molar-refractivity contribution >= 4 is 15.1 Å². The minimum Gasteiger partial charge on any atom is -0.430 e. The van der Waals surface area contributed by atoms with Crippen LogP contribution in [0.3, 0.4) is 0 Å². The highest BCUT2D eigenvalue weighted by Crippen LogP contribution is 2.30. The zero-order valence-electron chi connectivity index (χ0n) is 9.60. The predicted octanol–water partition coefficient (Wildman–Crippen LogP) is 2.73. The summed E-state index contributed by atoms with van der Waals surface area (Å²) >= 11 is 0. The molecule has 0 radical (unpaired) electrons. The molecule has 0 aliphatic carbocycles. The van der Waals surface area contributed by atoms with E-state index in [-0.39, 0.29) is 10.7 Å². The van der Waals surface area contributed by atoms with Crippen molar-refractivity contribution < 1.29 is 26.3 Å². The summed E-state index contributed by atoms with van der Waals surface area (Å²) in [6.45, 7) is 1.35. The van der Waals surface area contributed by atoms with Gasteiger partial charge in [-0.25, -0.2) is 13.4 Å². The second-order valence-electron chi connectivity index (χ2n) is 3.76. The molecule has 1 aliphatic rings. The SMILES string of the molecule is CC1=CN=C(Oc2ccc(C(F)(F)F)cc2)S1(=O)=O. The Bertz CT molecular complexity index is 657. The first-order chi connectivity index (χ1) is 8.71. The van der Waals surface area contributed by atoms with Crippen molar-refractivity contribution in [2.75, 3.05) is 0 Å². The number of allylic oxidation sites excluding steroid dienone is 1. The van der Waals surface area contributed by atoms with Crippen LogP contribution in [-0.2, 0) is 16.0 Å². The molecule has 0 bridgehead atoms. The maximum absolute atomic E-state index is 12.3. The van der Waals surface area contributed by atoms with Crippen molar-refractivity contribution in [3.63, 3.8) is 0 Å². The number of halogens is 3. The summed E-state index contributed by atoms with van der Waals surface area (Å²) in [5.74, 6) is -0.0292. The van der Waals surface area contributed by atoms with Crippen LogP contribution in [-0.4, -0.2) is 13.6 Å². The van der Waals surface area contributed by atoms with E-state index in [0.717, 1.165) is 30.5 Å². The van der Waals surface area contributed by atoms with Gasteiger partial charge in [0.2, 0.25) is 0 Å². The van der Waals surface area contributed by atoms with Gasteiger partial charge in [-0.1, -0.05) is 0 Å². The number of rotatable bonds is 1. The molecule has 0 spiro atoms. The molecular weight excluding hydrogens is 283 g/mol. The Hall–Kier alpha value is -1.83. The van der Waals surface area contributed by atoms with Crippen molar-refractivity contribution in [1.29, 1.82) is 0 Å². The molecule has 0 N–H and O–H groups in total. The van der Waals surface area contributed by atoms with Gasteiger partial charge in [0.05, 0.1) is 10.5 Å². The van der Waals surface area contributed by atoms with Gasteiger partial charge >= 0.3 is 11.4 Å². The van der Waals surface area contributed by atoms with Gasteiger partial charge in [-0.05, 0) is 31.2 Å². The normalized spacial score (nSPS) is 17.9. The number of sulfone groups is 1. The van der Waals surface area contributed by atoms with Gasteiger partial charge in [0, 0.05) is 6.20 Å². The largest absolute Gasteiger partial charge is 0.430 e. The second-order valence-corrected chi connectivity index (χ2v) is 5.76. The first kappa shape index (κ1) is 13.6. The first-order valence-corrected chi connectivity index (χ1v) is 6.54. The van der Waals surface area contributed by atoms with Gasteiger partial charge in [-0.3, -0.25) is 0 Å². The molecule has 0 aromatic heterocycles. The number of hydrogen-bond acceptors (Lipinski definition) is 4. The number of benzene rings is 1. The lowest BCUT2D eigenvalue weighted by atomic mass is 10.2. The van der Waals surface area contributed by atoms with E-state index in [4.69, 9.17) is 4.74 Å². The number of alkyl halides is 3. The third-order valence-electron chi connectivity index (χ3n) is 2.39. The van der Waals surface area contributed by atoms with E-state index in [1.165, 1.54) is 6.92 Å². The molecule has 0 unspecified atom stereocenters. The summed E-state index contributed by atoms with van der Waals surface area (Å²) in [6.07, 6.45) is -3.33. The summed E-state index contributed by atoms with van der Waals surface area (Å²) in [5.41, 5.74) is -0.842. The topological polar surface area (TPSA) is 55.7 Å². The van der Waals surface area contributed by atoms with Crippen molar-refractivity contribution in [1.82, 2.24) is 0 Å². The maximum atomic E-state index is 12.3. The summed E-state index contributed by atoms with van der Waals surface area (Å²) in [6, 6.07) is 3.68. The molecule has 8 heteroatoms. The van der Waals surface area contributed by atoms with Gasteiger partial charge in [0.1, 0.15) is 5.75 Å². The fourth-order valence-corrected chi connectivity index (χ4v) is 2.18. The van der Waals surface area contributed by atoms with E-state index in [0.29, 0.717) is 0 Å². The molecule has 1 aromatic carbocycles. The maximum Gasteiger partial charge on any atom is 0.416 e. The average Bonchev–Trinajstić information content (AvgIpc) is 2.56. The van der Waals surface area contributed by atoms with Crippen LogP contribution in [0.25, 0.3) is 0 Å². The monoisotopic (exact) mass is 291 g/mol. The van der Waals surface area contributed by atoms with Gasteiger partial charge in [0.25, 0.3) is 9.84 Å². The average molecular weight is 291 g/mol. The van der Waals surface area contributed by atoms with Crippen molar-refractivity contribution in [3.05, 3.63) is 40.9 Å². The summed E-state index contributed by atoms with van der Waals surface area (Å²) in [5, 5.41) is -0.537. The van der Waals surface area contributed by atoms with Crippen LogP contribution in [0.4, 0.5) is 13.2 Å². The van der Waals surface area contributed by atoms with E-state index >= 15 is 0 Å². The van der Waals surface area contributed by atoms with Gasteiger partial charge in [-0.15, -0.1) is 0 Å². The summed E-state index contributed by atoms with van der Waals surface area (Å²) in [4.78, 5) is 3.58. The van der Waals surface area contributed by atoms with Crippen molar-refractivity contribution in [2.24, 2.45) is 4.99 Å². The molecule has 0 atom stereocenters. The number of nitrogens with zero attached hydrogens (tertiary/aromatic N) is 1. The predicted molar refractivity (Wildman–Crippen MR) is 62.2 cm³/mol. The molecule has 4 nitrogen and oxygen atoms in total. The van der Waals surface area contributed by atoms with Crippen LogP contribution in [0.15, 0.2) is 40.4 Å². The van der Waals surface area contributed by atoms with Crippen LogP contribution in [0.5, 0.6) is 5.75 Å². The molecule has 2 rings (SSSR count). The van der Waals surface area contributed by atoms with Crippen LogP contribution < -0.4 is 4.74 Å². The quantitative estimate of drug-likeness (QED) is 0.799. The van der Waals surface area contributed by atoms with E-state index in [1.54, 1.807) is 0 Å². The molecule has 19 heavy (non-hydrogen) atoms. The second kappa shape index (κ2) is 4.37. The van der Waals surface area contributed by atoms with Crippen LogP contribution in [0.1, 0.15) is 12.5 Å². The Morgan fingerprint density at radius 2 is 1.74 bits per heavy atom. The molecule has 1 aliphatic heterocycles. The lowest BCUT2D eigenvalue weighted by Crippen LogP contribution is -2.18. The fourth-order valence-electron chi connectivity index (χ4n) is 1.31. The van der Waals surface area contributed by atoms with Crippen LogP contribution >= 0.6 is 0 Å². The molecule has 1 aromatic rings. The molecule has 0 fully saturated rings. The smallest absolute Gasteiger partial charge is 0.416 e. The Labute approximate surface area is 107 Å². The number of aliphatic imine (C=N–C) groups is 1. The molecular formula is C11H8F3NO3S. The summed E-state index contributed by atoms with van der Waals surface area (Å²) < 4.78 is 65.2. The van der Waals surface area contributed by atoms with Crippen molar-refractivity contribution in [3.8, 4) is 5.75 Å². The number of ether oxygens (including phenoxy) is 1. The highest BCUT2D eigenvalue weighted by molar-refractivity contribution is 8.09. The van der Waals surface area contributed by atoms with Gasteiger partial charge in [0.15, 0.2) is 0 Å². The third kappa shape index (κ3) is 2.62. The lowest BCUT2D eigenvalue weighted by Gasteiger charge is -2.08. The Kier molecular flexibility index (Phi) is 3.13. The molecule has 0 saturated carbocycles.